The van der Waals surface area contributed by atoms with Crippen molar-refractivity contribution < 1.29 is 25.2 Å². The van der Waals surface area contributed by atoms with Crippen LogP contribution in [0.4, 0.5) is 0 Å². The van der Waals surface area contributed by atoms with Gasteiger partial charge in [-0.25, -0.2) is 0 Å². The number of rotatable bonds is 43. The maximum absolute atomic E-state index is 12.5. The third-order valence-corrected chi connectivity index (χ3v) is 11.1. The van der Waals surface area contributed by atoms with Crippen LogP contribution < -0.4 is 5.32 Å². The van der Waals surface area contributed by atoms with E-state index < -0.39 is 36.9 Å². The molecule has 0 saturated heterocycles. The predicted molar refractivity (Wildman–Crippen MR) is 237 cm³/mol. The fourth-order valence-electron chi connectivity index (χ4n) is 7.26. The van der Waals surface area contributed by atoms with Crippen molar-refractivity contribution in [3.05, 3.63) is 36.5 Å². The van der Waals surface area contributed by atoms with Gasteiger partial charge in [-0.2, -0.15) is 0 Å². The van der Waals surface area contributed by atoms with Crippen LogP contribution in [0.15, 0.2) is 36.5 Å². The molecule has 6 heteroatoms. The summed E-state index contributed by atoms with van der Waals surface area (Å²) in [6.45, 7) is 4.03. The monoisotopic (exact) mass is 776 g/mol. The molecule has 55 heavy (non-hydrogen) atoms. The SMILES string of the molecule is CCCCCCC/C=C/CC/C=C/CC/C=C/CCCC(O)C(O)C(CO)NC(=O)C(O)CCCCCCCCCCCCCCCCCCCCCCC. The van der Waals surface area contributed by atoms with Gasteiger partial charge in [-0.1, -0.05) is 211 Å². The largest absolute Gasteiger partial charge is 0.394 e. The van der Waals surface area contributed by atoms with Crippen molar-refractivity contribution >= 4 is 5.91 Å². The van der Waals surface area contributed by atoms with Gasteiger partial charge in [0.2, 0.25) is 5.91 Å². The molecule has 4 unspecified atom stereocenters. The number of allylic oxidation sites excluding steroid dienone is 6. The highest BCUT2D eigenvalue weighted by atomic mass is 16.3. The molecule has 0 aromatic carbocycles. The molecule has 0 spiro atoms. The summed E-state index contributed by atoms with van der Waals surface area (Å²) in [5.74, 6) is -0.597. The van der Waals surface area contributed by atoms with E-state index in [9.17, 15) is 25.2 Å². The van der Waals surface area contributed by atoms with E-state index in [4.69, 9.17) is 0 Å². The summed E-state index contributed by atoms with van der Waals surface area (Å²) in [5, 5.41) is 43.7. The van der Waals surface area contributed by atoms with Crippen molar-refractivity contribution in [1.29, 1.82) is 0 Å². The van der Waals surface area contributed by atoms with Crippen LogP contribution in [0, 0.1) is 0 Å². The highest BCUT2D eigenvalue weighted by Crippen LogP contribution is 2.16. The zero-order valence-corrected chi connectivity index (χ0v) is 36.4. The molecule has 0 aromatic rings. The van der Waals surface area contributed by atoms with Crippen LogP contribution in [0.5, 0.6) is 0 Å². The van der Waals surface area contributed by atoms with Gasteiger partial charge >= 0.3 is 0 Å². The summed E-state index contributed by atoms with van der Waals surface area (Å²) >= 11 is 0. The summed E-state index contributed by atoms with van der Waals surface area (Å²) in [5.41, 5.74) is 0. The number of nitrogens with one attached hydrogen (secondary N) is 1. The van der Waals surface area contributed by atoms with Gasteiger partial charge in [-0.15, -0.1) is 0 Å². The van der Waals surface area contributed by atoms with Gasteiger partial charge in [0, 0.05) is 0 Å². The zero-order valence-electron chi connectivity index (χ0n) is 36.4. The van der Waals surface area contributed by atoms with E-state index in [2.05, 4.69) is 55.6 Å². The van der Waals surface area contributed by atoms with Gasteiger partial charge < -0.3 is 25.7 Å². The van der Waals surface area contributed by atoms with Crippen LogP contribution in [0.25, 0.3) is 0 Å². The average molecular weight is 776 g/mol. The number of carbonyl (C=O) groups is 1. The molecule has 0 heterocycles. The van der Waals surface area contributed by atoms with Crippen molar-refractivity contribution in [2.45, 2.75) is 263 Å². The van der Waals surface area contributed by atoms with Gasteiger partial charge in [0.1, 0.15) is 12.2 Å². The first-order valence-corrected chi connectivity index (χ1v) is 23.9. The fraction of sp³-hybridized carbons (Fsp3) is 0.857. The lowest BCUT2D eigenvalue weighted by Crippen LogP contribution is -2.53. The normalized spacial score (nSPS) is 14.4. The minimum absolute atomic E-state index is 0.362. The maximum Gasteiger partial charge on any atom is 0.249 e. The van der Waals surface area contributed by atoms with Gasteiger partial charge in [0.05, 0.1) is 18.8 Å². The summed E-state index contributed by atoms with van der Waals surface area (Å²) < 4.78 is 0. The van der Waals surface area contributed by atoms with Crippen molar-refractivity contribution in [2.24, 2.45) is 0 Å². The van der Waals surface area contributed by atoms with Crippen molar-refractivity contribution in [3.63, 3.8) is 0 Å². The standard InChI is InChI=1S/C49H93NO5/c1-3-5-7-9-11-13-15-17-19-21-23-24-25-27-29-31-33-35-37-39-41-43-47(53)49(55)50-45(44-51)48(54)46(52)42-40-38-36-34-32-30-28-26-22-20-18-16-14-12-10-8-6-4-2/h16,18,26,28,34,36,45-48,51-54H,3-15,17,19-25,27,29-33,35,37-44H2,1-2H3,(H,50,55)/b18-16+,28-26+,36-34+. The summed E-state index contributed by atoms with van der Waals surface area (Å²) in [7, 11) is 0. The molecule has 0 fully saturated rings. The number of carbonyl (C=O) groups excluding carboxylic acids is 1. The second kappa shape index (κ2) is 43.6. The fourth-order valence-corrected chi connectivity index (χ4v) is 7.26. The van der Waals surface area contributed by atoms with E-state index in [-0.39, 0.29) is 0 Å². The van der Waals surface area contributed by atoms with E-state index >= 15 is 0 Å². The molecule has 0 aromatic heterocycles. The topological polar surface area (TPSA) is 110 Å². The highest BCUT2D eigenvalue weighted by molar-refractivity contribution is 5.80. The molecular weight excluding hydrogens is 683 g/mol. The van der Waals surface area contributed by atoms with Crippen LogP contribution in [0.3, 0.4) is 0 Å². The Labute approximate surface area is 341 Å². The Kier molecular flexibility index (Phi) is 42.5. The Balaban J connectivity index is 3.76. The Morgan fingerprint density at radius 3 is 1.15 bits per heavy atom. The molecule has 0 aliphatic rings. The molecule has 324 valence electrons. The molecule has 4 atom stereocenters. The van der Waals surface area contributed by atoms with E-state index in [0.717, 1.165) is 51.4 Å². The van der Waals surface area contributed by atoms with Gasteiger partial charge in [0.15, 0.2) is 0 Å². The lowest BCUT2D eigenvalue weighted by Gasteiger charge is -2.27. The summed E-state index contributed by atoms with van der Waals surface area (Å²) in [6, 6.07) is -1.01. The van der Waals surface area contributed by atoms with Crippen molar-refractivity contribution in [1.82, 2.24) is 5.32 Å². The van der Waals surface area contributed by atoms with Gasteiger partial charge in [-0.3, -0.25) is 4.79 Å². The molecule has 0 rings (SSSR count). The van der Waals surface area contributed by atoms with Gasteiger partial charge in [-0.05, 0) is 64.2 Å². The molecule has 0 aliphatic heterocycles. The maximum atomic E-state index is 12.5. The van der Waals surface area contributed by atoms with Gasteiger partial charge in [0.25, 0.3) is 0 Å². The summed E-state index contributed by atoms with van der Waals surface area (Å²) in [4.78, 5) is 12.5. The number of amides is 1. The number of hydrogen-bond donors (Lipinski definition) is 5. The van der Waals surface area contributed by atoms with E-state index in [1.54, 1.807) is 0 Å². The van der Waals surface area contributed by atoms with Crippen LogP contribution in [-0.4, -0.2) is 57.3 Å². The minimum atomic E-state index is -1.29. The number of aliphatic hydroxyl groups excluding tert-OH is 4. The van der Waals surface area contributed by atoms with Crippen molar-refractivity contribution in [2.75, 3.05) is 6.61 Å². The molecule has 0 radical (unpaired) electrons. The van der Waals surface area contributed by atoms with Crippen LogP contribution in [0.2, 0.25) is 0 Å². The lowest BCUT2D eigenvalue weighted by molar-refractivity contribution is -0.132. The van der Waals surface area contributed by atoms with E-state index in [1.807, 2.05) is 0 Å². The lowest BCUT2D eigenvalue weighted by atomic mass is 10.00. The molecule has 0 aliphatic carbocycles. The van der Waals surface area contributed by atoms with Crippen LogP contribution in [-0.2, 0) is 4.79 Å². The zero-order chi connectivity index (χ0) is 40.3. The summed E-state index contributed by atoms with van der Waals surface area (Å²) in [6.07, 6.45) is 51.8. The molecule has 6 nitrogen and oxygen atoms in total. The smallest absolute Gasteiger partial charge is 0.249 e. The Morgan fingerprint density at radius 2 is 0.764 bits per heavy atom. The Bertz CT molecular complexity index is 873. The third kappa shape index (κ3) is 37.8. The predicted octanol–water partition coefficient (Wildman–Crippen LogP) is 12.9. The average Bonchev–Trinajstić information content (AvgIpc) is 3.19. The Morgan fingerprint density at radius 1 is 0.436 bits per heavy atom. The second-order valence-corrected chi connectivity index (χ2v) is 16.4. The first-order valence-electron chi connectivity index (χ1n) is 23.9. The molecule has 0 bridgehead atoms. The number of unbranched alkanes of at least 4 members (excludes halogenated alkanes) is 28. The Hall–Kier alpha value is -1.47. The third-order valence-electron chi connectivity index (χ3n) is 11.1. The van der Waals surface area contributed by atoms with Crippen LogP contribution >= 0.6 is 0 Å². The first-order chi connectivity index (χ1) is 27.0. The quantitative estimate of drug-likeness (QED) is 0.0313. The number of aliphatic hydroxyl groups is 4. The second-order valence-electron chi connectivity index (χ2n) is 16.4. The molecular formula is C49H93NO5. The van der Waals surface area contributed by atoms with E-state index in [0.29, 0.717) is 19.3 Å². The highest BCUT2D eigenvalue weighted by Gasteiger charge is 2.28. The van der Waals surface area contributed by atoms with Crippen LogP contribution in [0.1, 0.15) is 239 Å². The minimum Gasteiger partial charge on any atom is -0.394 e. The van der Waals surface area contributed by atoms with E-state index in [1.165, 1.54) is 154 Å². The molecule has 1 amide bonds. The first kappa shape index (κ1) is 53.5. The number of hydrogen-bond acceptors (Lipinski definition) is 5. The molecule has 5 N–H and O–H groups in total. The van der Waals surface area contributed by atoms with Crippen molar-refractivity contribution in [3.8, 4) is 0 Å². The molecule has 0 saturated carbocycles.